The number of aliphatic hydroxyl groups is 1. The summed E-state index contributed by atoms with van der Waals surface area (Å²) in [6.45, 7) is 3.42. The van der Waals surface area contributed by atoms with Crippen molar-refractivity contribution in [2.24, 2.45) is 0 Å². The van der Waals surface area contributed by atoms with E-state index in [0.717, 1.165) is 18.0 Å². The van der Waals surface area contributed by atoms with Gasteiger partial charge in [-0.05, 0) is 24.9 Å². The Kier molecular flexibility index (Phi) is 1.92. The molecule has 3 N–H and O–H groups in total. The van der Waals surface area contributed by atoms with E-state index >= 15 is 0 Å². The highest BCUT2D eigenvalue weighted by atomic mass is 32.1. The maximum absolute atomic E-state index is 9.74. The molecule has 1 aromatic heterocycles. The molecule has 13 heavy (non-hydrogen) atoms. The summed E-state index contributed by atoms with van der Waals surface area (Å²) in [4.78, 5) is 2.12. The highest BCUT2D eigenvalue weighted by Gasteiger charge is 2.32. The van der Waals surface area contributed by atoms with Gasteiger partial charge in [0.05, 0.1) is 5.60 Å². The summed E-state index contributed by atoms with van der Waals surface area (Å²) < 4.78 is 4.01. The predicted molar refractivity (Wildman–Crippen MR) is 54.0 cm³/mol. The topological polar surface area (TPSA) is 62.4 Å². The molecular formula is C8H13N3OS. The zero-order valence-corrected chi connectivity index (χ0v) is 8.34. The molecule has 0 amide bonds. The van der Waals surface area contributed by atoms with Crippen molar-refractivity contribution in [2.45, 2.75) is 18.9 Å². The van der Waals surface area contributed by atoms with Crippen LogP contribution in [0.1, 0.15) is 13.3 Å². The molecule has 1 fully saturated rings. The van der Waals surface area contributed by atoms with Gasteiger partial charge in [0.2, 0.25) is 0 Å². The third-order valence-electron chi connectivity index (χ3n) is 2.28. The van der Waals surface area contributed by atoms with Crippen LogP contribution in [0.2, 0.25) is 0 Å². The fourth-order valence-corrected chi connectivity index (χ4v) is 2.26. The van der Waals surface area contributed by atoms with E-state index in [1.807, 2.05) is 13.0 Å². The lowest BCUT2D eigenvalue weighted by atomic mass is 10.1. The van der Waals surface area contributed by atoms with Crippen LogP contribution < -0.4 is 10.6 Å². The molecule has 1 aromatic rings. The Balaban J connectivity index is 2.12. The van der Waals surface area contributed by atoms with Crippen molar-refractivity contribution < 1.29 is 5.11 Å². The number of aromatic nitrogens is 1. The first-order chi connectivity index (χ1) is 6.07. The van der Waals surface area contributed by atoms with Gasteiger partial charge in [-0.1, -0.05) is 0 Å². The molecular weight excluding hydrogens is 186 g/mol. The van der Waals surface area contributed by atoms with Gasteiger partial charge in [0.25, 0.3) is 0 Å². The molecule has 5 heteroatoms. The lowest BCUT2D eigenvalue weighted by Gasteiger charge is -2.18. The molecule has 72 valence electrons. The van der Waals surface area contributed by atoms with Crippen molar-refractivity contribution in [3.05, 3.63) is 6.07 Å². The molecule has 1 aliphatic heterocycles. The normalized spacial score (nSPS) is 28.3. The Bertz CT molecular complexity index is 310. The zero-order chi connectivity index (χ0) is 9.47. The molecule has 0 radical (unpaired) electrons. The summed E-state index contributed by atoms with van der Waals surface area (Å²) >= 11 is 1.39. The highest BCUT2D eigenvalue weighted by Crippen LogP contribution is 2.30. The minimum Gasteiger partial charge on any atom is -0.388 e. The van der Waals surface area contributed by atoms with Crippen molar-refractivity contribution in [1.29, 1.82) is 0 Å². The second-order valence-electron chi connectivity index (χ2n) is 3.76. The van der Waals surface area contributed by atoms with Crippen LogP contribution in [0.5, 0.6) is 0 Å². The van der Waals surface area contributed by atoms with Gasteiger partial charge in [0, 0.05) is 19.2 Å². The smallest absolute Gasteiger partial charge is 0.139 e. The van der Waals surface area contributed by atoms with Gasteiger partial charge in [0.15, 0.2) is 0 Å². The molecule has 1 unspecified atom stereocenters. The average Bonchev–Trinajstić information content (AvgIpc) is 2.56. The van der Waals surface area contributed by atoms with E-state index < -0.39 is 5.60 Å². The molecule has 0 spiro atoms. The van der Waals surface area contributed by atoms with E-state index in [9.17, 15) is 5.11 Å². The minimum atomic E-state index is -0.557. The van der Waals surface area contributed by atoms with E-state index in [0.29, 0.717) is 12.4 Å². The number of nitrogens with two attached hydrogens (primary N) is 1. The molecule has 0 saturated carbocycles. The van der Waals surface area contributed by atoms with Gasteiger partial charge < -0.3 is 15.7 Å². The van der Waals surface area contributed by atoms with Crippen LogP contribution in [-0.4, -0.2) is 28.2 Å². The van der Waals surface area contributed by atoms with E-state index in [4.69, 9.17) is 5.73 Å². The van der Waals surface area contributed by atoms with Crippen molar-refractivity contribution in [3.63, 3.8) is 0 Å². The maximum Gasteiger partial charge on any atom is 0.139 e. The van der Waals surface area contributed by atoms with Crippen LogP contribution in [0.4, 0.5) is 10.8 Å². The van der Waals surface area contributed by atoms with Crippen molar-refractivity contribution >= 4 is 22.4 Å². The molecule has 0 bridgehead atoms. The number of hydrogen-bond donors (Lipinski definition) is 2. The number of rotatable bonds is 1. The minimum absolute atomic E-state index is 0.557. The summed E-state index contributed by atoms with van der Waals surface area (Å²) in [5, 5.41) is 10.8. The van der Waals surface area contributed by atoms with Crippen molar-refractivity contribution in [2.75, 3.05) is 23.7 Å². The quantitative estimate of drug-likeness (QED) is 0.698. The molecule has 1 aliphatic rings. The van der Waals surface area contributed by atoms with E-state index in [-0.39, 0.29) is 0 Å². The maximum atomic E-state index is 9.74. The summed E-state index contributed by atoms with van der Waals surface area (Å²) in [6, 6.07) is 1.85. The van der Waals surface area contributed by atoms with Gasteiger partial charge in [-0.2, -0.15) is 4.37 Å². The standard InChI is InChI=1S/C8H13N3OS/c1-8(12)2-3-11(5-8)7-4-6(9)10-13-7/h4,12H,2-3,5H2,1H3,(H2,9,10). The van der Waals surface area contributed by atoms with Crippen LogP contribution in [0.25, 0.3) is 0 Å². The average molecular weight is 199 g/mol. The predicted octanol–water partition coefficient (Wildman–Crippen LogP) is 0.686. The van der Waals surface area contributed by atoms with Crippen LogP contribution in [0, 0.1) is 0 Å². The van der Waals surface area contributed by atoms with Gasteiger partial charge in [-0.15, -0.1) is 0 Å². The van der Waals surface area contributed by atoms with Gasteiger partial charge in [0.1, 0.15) is 10.8 Å². The lowest BCUT2D eigenvalue weighted by molar-refractivity contribution is 0.0840. The number of nitrogen functional groups attached to an aromatic ring is 1. The van der Waals surface area contributed by atoms with E-state index in [1.165, 1.54) is 11.5 Å². The third-order valence-corrected chi connectivity index (χ3v) is 3.14. The van der Waals surface area contributed by atoms with Crippen LogP contribution >= 0.6 is 11.5 Å². The van der Waals surface area contributed by atoms with Gasteiger partial charge in [-0.25, -0.2) is 0 Å². The number of hydrogen-bond acceptors (Lipinski definition) is 5. The zero-order valence-electron chi connectivity index (χ0n) is 7.53. The molecule has 0 aliphatic carbocycles. The number of anilines is 2. The largest absolute Gasteiger partial charge is 0.388 e. The van der Waals surface area contributed by atoms with Crippen LogP contribution in [0.3, 0.4) is 0 Å². The Labute approximate surface area is 81.1 Å². The molecule has 4 nitrogen and oxygen atoms in total. The monoisotopic (exact) mass is 199 g/mol. The molecule has 2 heterocycles. The second-order valence-corrected chi connectivity index (χ2v) is 4.54. The lowest BCUT2D eigenvalue weighted by Crippen LogP contribution is -2.29. The SMILES string of the molecule is CC1(O)CCN(c2cc(N)ns2)C1. The highest BCUT2D eigenvalue weighted by molar-refractivity contribution is 7.10. The fraction of sp³-hybridized carbons (Fsp3) is 0.625. The Morgan fingerprint density at radius 1 is 1.77 bits per heavy atom. The second kappa shape index (κ2) is 2.85. The van der Waals surface area contributed by atoms with Crippen molar-refractivity contribution in [1.82, 2.24) is 4.37 Å². The molecule has 1 saturated heterocycles. The Hall–Kier alpha value is -0.810. The third kappa shape index (κ3) is 1.76. The van der Waals surface area contributed by atoms with E-state index in [2.05, 4.69) is 9.27 Å². The van der Waals surface area contributed by atoms with Crippen molar-refractivity contribution in [3.8, 4) is 0 Å². The fourth-order valence-electron chi connectivity index (χ4n) is 1.56. The first kappa shape index (κ1) is 8.77. The molecule has 2 rings (SSSR count). The molecule has 0 aromatic carbocycles. The van der Waals surface area contributed by atoms with E-state index in [1.54, 1.807) is 0 Å². The van der Waals surface area contributed by atoms with Crippen LogP contribution in [-0.2, 0) is 0 Å². The van der Waals surface area contributed by atoms with Gasteiger partial charge in [-0.3, -0.25) is 0 Å². The first-order valence-corrected chi connectivity index (χ1v) is 5.04. The van der Waals surface area contributed by atoms with Crippen LogP contribution in [0.15, 0.2) is 6.07 Å². The molecule has 1 atom stereocenters. The number of nitrogens with zero attached hydrogens (tertiary/aromatic N) is 2. The van der Waals surface area contributed by atoms with Gasteiger partial charge >= 0.3 is 0 Å². The Morgan fingerprint density at radius 3 is 3.00 bits per heavy atom. The first-order valence-electron chi connectivity index (χ1n) is 4.26. The Morgan fingerprint density at radius 2 is 2.54 bits per heavy atom. The summed E-state index contributed by atoms with van der Waals surface area (Å²) in [5.74, 6) is 0.562. The summed E-state index contributed by atoms with van der Waals surface area (Å²) in [5.41, 5.74) is 4.97. The number of β-amino-alcohol motifs (C(OH)–C–C–N with tert-alkyl or cyclic N) is 1. The summed E-state index contributed by atoms with van der Waals surface area (Å²) in [6.07, 6.45) is 0.810. The summed E-state index contributed by atoms with van der Waals surface area (Å²) in [7, 11) is 0.